The molecule has 0 spiro atoms. The molecule has 0 radical (unpaired) electrons. The predicted molar refractivity (Wildman–Crippen MR) is 102 cm³/mol. The molecule has 0 amide bonds. The molecule has 146 valence electrons. The van der Waals surface area contributed by atoms with Gasteiger partial charge in [-0.1, -0.05) is 42.5 Å². The van der Waals surface area contributed by atoms with E-state index in [1.54, 1.807) is 6.07 Å². The van der Waals surface area contributed by atoms with Gasteiger partial charge in [-0.15, -0.1) is 0 Å². The van der Waals surface area contributed by atoms with Crippen molar-refractivity contribution in [2.45, 2.75) is 6.61 Å². The van der Waals surface area contributed by atoms with E-state index in [4.69, 9.17) is 19.3 Å². The molecule has 0 atom stereocenters. The molecule has 0 bridgehead atoms. The SMILES string of the molecule is O=C(OCc1ccccc1)Oc1ccc(C(=O)Oc2ccccc2C(=O)O)cc1. The molecule has 3 rings (SSSR count). The normalized spacial score (nSPS) is 10.1. The Balaban J connectivity index is 1.57. The van der Waals surface area contributed by atoms with Crippen LogP contribution in [0, 0.1) is 0 Å². The molecule has 29 heavy (non-hydrogen) atoms. The van der Waals surface area contributed by atoms with Gasteiger partial charge in [0.1, 0.15) is 23.7 Å². The quantitative estimate of drug-likeness (QED) is 0.379. The number of aromatic carboxylic acids is 1. The van der Waals surface area contributed by atoms with Gasteiger partial charge >= 0.3 is 18.1 Å². The number of hydrogen-bond donors (Lipinski definition) is 1. The van der Waals surface area contributed by atoms with Gasteiger partial charge in [0.05, 0.1) is 5.56 Å². The number of hydrogen-bond acceptors (Lipinski definition) is 6. The Morgan fingerprint density at radius 3 is 2.10 bits per heavy atom. The lowest BCUT2D eigenvalue weighted by Gasteiger charge is -2.08. The van der Waals surface area contributed by atoms with Crippen molar-refractivity contribution in [1.82, 2.24) is 0 Å². The highest BCUT2D eigenvalue weighted by molar-refractivity contribution is 5.95. The number of para-hydroxylation sites is 1. The fourth-order valence-corrected chi connectivity index (χ4v) is 2.39. The first-order chi connectivity index (χ1) is 14.0. The Kier molecular flexibility index (Phi) is 6.22. The van der Waals surface area contributed by atoms with Crippen LogP contribution in [-0.4, -0.2) is 23.2 Å². The van der Waals surface area contributed by atoms with Gasteiger partial charge in [0.25, 0.3) is 0 Å². The van der Waals surface area contributed by atoms with Gasteiger partial charge in [0, 0.05) is 0 Å². The molecule has 0 aliphatic heterocycles. The van der Waals surface area contributed by atoms with Crippen LogP contribution < -0.4 is 9.47 Å². The van der Waals surface area contributed by atoms with E-state index in [1.165, 1.54) is 42.5 Å². The molecular weight excluding hydrogens is 376 g/mol. The van der Waals surface area contributed by atoms with Crippen molar-refractivity contribution in [2.24, 2.45) is 0 Å². The minimum Gasteiger partial charge on any atom is -0.478 e. The lowest BCUT2D eigenvalue weighted by atomic mass is 10.2. The highest BCUT2D eigenvalue weighted by Gasteiger charge is 2.15. The van der Waals surface area contributed by atoms with Crippen LogP contribution in [0.15, 0.2) is 78.9 Å². The first-order valence-corrected chi connectivity index (χ1v) is 8.56. The van der Waals surface area contributed by atoms with Crippen molar-refractivity contribution in [1.29, 1.82) is 0 Å². The highest BCUT2D eigenvalue weighted by Crippen LogP contribution is 2.20. The smallest absolute Gasteiger partial charge is 0.478 e. The van der Waals surface area contributed by atoms with Gasteiger partial charge in [-0.2, -0.15) is 0 Å². The van der Waals surface area contributed by atoms with Gasteiger partial charge in [-0.05, 0) is 42.0 Å². The number of esters is 1. The van der Waals surface area contributed by atoms with Gasteiger partial charge in [0.15, 0.2) is 0 Å². The summed E-state index contributed by atoms with van der Waals surface area (Å²) in [5, 5.41) is 9.13. The van der Waals surface area contributed by atoms with E-state index < -0.39 is 18.1 Å². The van der Waals surface area contributed by atoms with Crippen LogP contribution in [0.3, 0.4) is 0 Å². The zero-order chi connectivity index (χ0) is 20.6. The largest absolute Gasteiger partial charge is 0.514 e. The molecule has 0 saturated heterocycles. The fourth-order valence-electron chi connectivity index (χ4n) is 2.39. The third-order valence-electron chi connectivity index (χ3n) is 3.81. The van der Waals surface area contributed by atoms with Crippen molar-refractivity contribution in [2.75, 3.05) is 0 Å². The number of carboxylic acids is 1. The number of carbonyl (C=O) groups excluding carboxylic acids is 2. The third-order valence-corrected chi connectivity index (χ3v) is 3.81. The molecular formula is C22H16O7. The number of carboxylic acid groups (broad SMARTS) is 1. The van der Waals surface area contributed by atoms with Crippen LogP contribution in [0.25, 0.3) is 0 Å². The average molecular weight is 392 g/mol. The molecule has 3 aromatic rings. The fraction of sp³-hybridized carbons (Fsp3) is 0.0455. The molecule has 1 N–H and O–H groups in total. The predicted octanol–water partition coefficient (Wildman–Crippen LogP) is 4.32. The van der Waals surface area contributed by atoms with Crippen molar-refractivity contribution >= 4 is 18.1 Å². The molecule has 0 aliphatic carbocycles. The lowest BCUT2D eigenvalue weighted by molar-refractivity contribution is 0.0681. The van der Waals surface area contributed by atoms with E-state index in [2.05, 4.69) is 0 Å². The minimum absolute atomic E-state index is 0.0604. The summed E-state index contributed by atoms with van der Waals surface area (Å²) >= 11 is 0. The second kappa shape index (κ2) is 9.18. The van der Waals surface area contributed by atoms with Crippen molar-refractivity contribution in [3.05, 3.63) is 95.6 Å². The first kappa shape index (κ1) is 19.6. The molecule has 0 aromatic heterocycles. The maximum absolute atomic E-state index is 12.2. The molecule has 3 aromatic carbocycles. The maximum atomic E-state index is 12.2. The summed E-state index contributed by atoms with van der Waals surface area (Å²) in [7, 11) is 0. The Morgan fingerprint density at radius 1 is 0.759 bits per heavy atom. The van der Waals surface area contributed by atoms with E-state index in [9.17, 15) is 14.4 Å². The second-order valence-corrected chi connectivity index (χ2v) is 5.84. The van der Waals surface area contributed by atoms with E-state index in [-0.39, 0.29) is 29.2 Å². The number of ether oxygens (including phenoxy) is 3. The summed E-state index contributed by atoms with van der Waals surface area (Å²) in [5.74, 6) is -1.82. The second-order valence-electron chi connectivity index (χ2n) is 5.84. The summed E-state index contributed by atoms with van der Waals surface area (Å²) in [4.78, 5) is 35.2. The standard InChI is InChI=1S/C22H16O7/c23-20(24)18-8-4-5-9-19(18)29-21(25)16-10-12-17(13-11-16)28-22(26)27-14-15-6-2-1-3-7-15/h1-13H,14H2,(H,23,24). The Hall–Kier alpha value is -4.13. The van der Waals surface area contributed by atoms with Crippen LogP contribution in [0.1, 0.15) is 26.3 Å². The van der Waals surface area contributed by atoms with E-state index >= 15 is 0 Å². The lowest BCUT2D eigenvalue weighted by Crippen LogP contribution is -2.12. The van der Waals surface area contributed by atoms with Crippen LogP contribution in [0.5, 0.6) is 11.5 Å². The summed E-state index contributed by atoms with van der Waals surface area (Å²) < 4.78 is 15.2. The van der Waals surface area contributed by atoms with Gasteiger partial charge in [-0.25, -0.2) is 14.4 Å². The monoisotopic (exact) mass is 392 g/mol. The van der Waals surface area contributed by atoms with Crippen molar-refractivity contribution in [3.8, 4) is 11.5 Å². The summed E-state index contributed by atoms with van der Waals surface area (Å²) in [6.45, 7) is 0.0765. The third kappa shape index (κ3) is 5.43. The van der Waals surface area contributed by atoms with E-state index in [0.717, 1.165) is 5.56 Å². The summed E-state index contributed by atoms with van der Waals surface area (Å²) in [5.41, 5.74) is 0.862. The molecule has 7 nitrogen and oxygen atoms in total. The summed E-state index contributed by atoms with van der Waals surface area (Å²) in [6, 6.07) is 20.6. The average Bonchev–Trinajstić information content (AvgIpc) is 2.74. The van der Waals surface area contributed by atoms with E-state index in [1.807, 2.05) is 30.3 Å². The molecule has 0 fully saturated rings. The topological polar surface area (TPSA) is 99.1 Å². The van der Waals surface area contributed by atoms with Crippen LogP contribution >= 0.6 is 0 Å². The minimum atomic E-state index is -1.20. The Bertz CT molecular complexity index is 1010. The van der Waals surface area contributed by atoms with Gasteiger partial charge in [-0.3, -0.25) is 0 Å². The maximum Gasteiger partial charge on any atom is 0.514 e. The number of carbonyl (C=O) groups is 3. The molecule has 0 saturated carbocycles. The Morgan fingerprint density at radius 2 is 1.41 bits per heavy atom. The Labute approximate surface area is 166 Å². The van der Waals surface area contributed by atoms with Crippen LogP contribution in [-0.2, 0) is 11.3 Å². The van der Waals surface area contributed by atoms with Crippen LogP contribution in [0.2, 0.25) is 0 Å². The molecule has 0 aliphatic rings. The molecule has 7 heteroatoms. The molecule has 0 heterocycles. The number of benzene rings is 3. The zero-order valence-electron chi connectivity index (χ0n) is 15.1. The van der Waals surface area contributed by atoms with Gasteiger partial charge < -0.3 is 19.3 Å². The first-order valence-electron chi connectivity index (χ1n) is 8.56. The highest BCUT2D eigenvalue weighted by atomic mass is 16.7. The van der Waals surface area contributed by atoms with Crippen LogP contribution in [0.4, 0.5) is 4.79 Å². The van der Waals surface area contributed by atoms with Crippen molar-refractivity contribution in [3.63, 3.8) is 0 Å². The zero-order valence-corrected chi connectivity index (χ0v) is 15.1. The summed E-state index contributed by atoms with van der Waals surface area (Å²) in [6.07, 6.45) is -0.875. The van der Waals surface area contributed by atoms with Crippen molar-refractivity contribution < 1.29 is 33.7 Å². The number of rotatable bonds is 6. The van der Waals surface area contributed by atoms with Gasteiger partial charge in [0.2, 0.25) is 0 Å². The van der Waals surface area contributed by atoms with E-state index in [0.29, 0.717) is 0 Å². The molecule has 0 unspecified atom stereocenters.